The number of ether oxygens (including phenoxy) is 12. The van der Waals surface area contributed by atoms with Crippen LogP contribution < -0.4 is 10.6 Å². The van der Waals surface area contributed by atoms with E-state index in [1.165, 1.54) is 109 Å². The lowest BCUT2D eigenvalue weighted by atomic mass is 9.46. The van der Waals surface area contributed by atoms with Crippen molar-refractivity contribution in [2.45, 2.75) is 412 Å². The van der Waals surface area contributed by atoms with Gasteiger partial charge in [0, 0.05) is 11.1 Å². The average Bonchev–Trinajstić information content (AvgIpc) is 1.54. The van der Waals surface area contributed by atoms with Gasteiger partial charge in [-0.15, -0.1) is 0 Å². The number of aliphatic hydroxyl groups is 17. The second-order valence-corrected chi connectivity index (χ2v) is 43.6. The monoisotopic (exact) mass is 1750 g/mol. The third-order valence-corrected chi connectivity index (χ3v) is 37.2. The van der Waals surface area contributed by atoms with Crippen molar-refractivity contribution in [3.8, 4) is 0 Å². The molecule has 18 aliphatic rings. The molecule has 0 aromatic heterocycles. The van der Waals surface area contributed by atoms with Gasteiger partial charge in [-0.2, -0.15) is 0 Å². The van der Waals surface area contributed by atoms with Gasteiger partial charge in [-0.25, -0.2) is 0 Å². The Balaban J connectivity index is 0.000000175. The van der Waals surface area contributed by atoms with E-state index < -0.39 is 204 Å². The molecule has 0 radical (unpaired) electrons. The third-order valence-electron chi connectivity index (χ3n) is 37.2. The van der Waals surface area contributed by atoms with Crippen molar-refractivity contribution in [1.82, 2.24) is 10.6 Å². The van der Waals surface area contributed by atoms with E-state index in [1.54, 1.807) is 0 Å². The van der Waals surface area contributed by atoms with Gasteiger partial charge in [0.15, 0.2) is 37.7 Å². The first-order valence-corrected chi connectivity index (χ1v) is 47.4. The van der Waals surface area contributed by atoms with Crippen LogP contribution in [0.4, 0.5) is 0 Å². The standard InChI is InChI=1S/C46H75NO15.C46H75NO14/c1-20-8-13-46(47-17-20)16-23-14-28-26-7-6-24-15-25(9-11-44(24,4)27(26)10-12-45(28,5)31(23)21(46)2)58-43-40(62-41-37(55)35(53)32(50)22(3)57-41)39(34(52)30(19-49)60-43)61-42-38(56)36(54)33(51)29(18-48)59-42;1-20-9-14-46(47-18-20)17-24-15-29-27-8-7-25-16-26(10-12-44(25,5)28(27)11-13-45(29,6)31(24)21(46)2)58-43-40(61-42-37(54)35(52)33(50)23(4)57-42)38(55)39(30(19-48)59-43)60-41-36(53)34(51)32(49)22(3)56-41/h6,20-23,25-43,47-56H,7-19H2,1-5H3;7,20-24,26-43,47-55H,8-19H2,1-6H3/t20-,21+,22?,23?,25+,26?,27?,28?,29?,30?,31?,32+,33-,34+,35+,36+,37?,38?,39+,40?,41+,42+,43-,44+,45+,46-;20-,21+,22?,23?,24?,26+,27?,28?,29?,30?,31?,32+,33+,34+,35+,36?,37?,38+,39-,40?,41+,42+,43-,44+,45+,46-/m11/s1. The molecule has 31 nitrogen and oxygen atoms in total. The van der Waals surface area contributed by atoms with Crippen molar-refractivity contribution < 1.29 is 144 Å². The summed E-state index contributed by atoms with van der Waals surface area (Å²) >= 11 is 0. The highest BCUT2D eigenvalue weighted by Crippen LogP contribution is 2.75. The molecule has 16 fully saturated rings. The third kappa shape index (κ3) is 16.0. The zero-order valence-electron chi connectivity index (χ0n) is 73.9. The average molecular weight is 1750 g/mol. The summed E-state index contributed by atoms with van der Waals surface area (Å²) in [6.07, 6.45) is -17.7. The summed E-state index contributed by atoms with van der Waals surface area (Å²) in [4.78, 5) is 0. The molecule has 10 aliphatic carbocycles. The maximum absolute atomic E-state index is 12.0. The molecule has 123 heavy (non-hydrogen) atoms. The van der Waals surface area contributed by atoms with Crippen LogP contribution in [0.5, 0.6) is 0 Å². The highest BCUT2D eigenvalue weighted by Gasteiger charge is 2.71. The molecule has 0 aromatic carbocycles. The fourth-order valence-corrected chi connectivity index (χ4v) is 30.0. The molecule has 31 heteroatoms. The summed E-state index contributed by atoms with van der Waals surface area (Å²) in [5, 5.41) is 190. The number of hydrogen-bond donors (Lipinski definition) is 19. The van der Waals surface area contributed by atoms with E-state index in [1.807, 2.05) is 0 Å². The van der Waals surface area contributed by atoms with E-state index in [9.17, 15) is 86.8 Å². The van der Waals surface area contributed by atoms with Crippen LogP contribution in [-0.4, -0.2) is 327 Å². The predicted molar refractivity (Wildman–Crippen MR) is 438 cm³/mol. The first kappa shape index (κ1) is 93.1. The SMILES string of the molecule is CC1O[C@@H](OC2[C@H](O[C@H]3CC[C@@]4(C)C(=CCC5C6CC7C[C@]8(CC[C@@H](C)CN8)[C@@H](C)C7[C@@]6(C)CCC54)C3)OC(CO)[C@@H](O[C@@H]3OC(C)[C@H](O)[C@H](O)C3O)[C@@H]2O)C(O)[C@@H](O)[C@H]1O.CC1O[C@@H](OC2[C@H](O[C@H]3CC[C@@]4(C)C(=CCC5C6CC7C[C@]8(CC[C@@H](C)CN8)[C@@H](C)C7[C@@]6(C)CCC54)C3)OC(CO)[C@H](O)[C@@H]2O[C@@H]2OC(CO)[C@@H](O)[C@H](O)C2O)C(O)[C@@H](O)[C@H]1O. The van der Waals surface area contributed by atoms with Gasteiger partial charge in [-0.3, -0.25) is 0 Å². The Labute approximate surface area is 723 Å². The van der Waals surface area contributed by atoms with Gasteiger partial charge in [0.05, 0.1) is 50.3 Å². The molecule has 8 saturated heterocycles. The largest absolute Gasteiger partial charge is 0.394 e. The van der Waals surface area contributed by atoms with E-state index in [4.69, 9.17) is 56.8 Å². The first-order valence-electron chi connectivity index (χ1n) is 47.4. The Morgan fingerprint density at radius 3 is 1.13 bits per heavy atom. The highest BCUT2D eigenvalue weighted by atomic mass is 16.8. The fourth-order valence-electron chi connectivity index (χ4n) is 30.0. The van der Waals surface area contributed by atoms with E-state index >= 15 is 0 Å². The van der Waals surface area contributed by atoms with Crippen molar-refractivity contribution in [1.29, 1.82) is 0 Å². The number of hydrogen-bond acceptors (Lipinski definition) is 31. The summed E-state index contributed by atoms with van der Waals surface area (Å²) in [6.45, 7) is 24.9. The summed E-state index contributed by atoms with van der Waals surface area (Å²) in [6, 6.07) is 0. The Hall–Kier alpha value is -1.76. The van der Waals surface area contributed by atoms with Crippen LogP contribution >= 0.6 is 0 Å². The molecule has 22 unspecified atom stereocenters. The molecule has 702 valence electrons. The molecule has 18 rings (SSSR count). The predicted octanol–water partition coefficient (Wildman–Crippen LogP) is 1.93. The fraction of sp³-hybridized carbons (Fsp3) is 0.957. The number of allylic oxidation sites excluding steroid dienone is 2. The Morgan fingerprint density at radius 1 is 0.350 bits per heavy atom. The van der Waals surface area contributed by atoms with Crippen LogP contribution in [0, 0.1) is 105 Å². The number of aliphatic hydroxyl groups excluding tert-OH is 17. The zero-order valence-corrected chi connectivity index (χ0v) is 73.9. The quantitative estimate of drug-likeness (QED) is 0.104. The van der Waals surface area contributed by atoms with Crippen molar-refractivity contribution >= 4 is 0 Å². The molecule has 8 heterocycles. The normalized spacial score (nSPS) is 58.0. The van der Waals surface area contributed by atoms with Crippen LogP contribution in [0.15, 0.2) is 23.3 Å². The zero-order chi connectivity index (χ0) is 87.7. The number of fused-ring (bicyclic) bond motifs is 14. The van der Waals surface area contributed by atoms with Gasteiger partial charge in [0.1, 0.15) is 128 Å². The van der Waals surface area contributed by atoms with Gasteiger partial charge in [0.2, 0.25) is 0 Å². The van der Waals surface area contributed by atoms with Crippen molar-refractivity contribution in [2.24, 2.45) is 105 Å². The molecule has 8 saturated carbocycles. The van der Waals surface area contributed by atoms with Gasteiger partial charge < -0.3 is 154 Å². The van der Waals surface area contributed by atoms with Crippen molar-refractivity contribution in [3.63, 3.8) is 0 Å². The summed E-state index contributed by atoms with van der Waals surface area (Å²) in [5.41, 5.74) is 4.12. The van der Waals surface area contributed by atoms with E-state index in [-0.39, 0.29) is 23.0 Å². The lowest BCUT2D eigenvalue weighted by molar-refractivity contribution is -0.394. The molecular formula is C92H150N2O29. The summed E-state index contributed by atoms with van der Waals surface area (Å²) in [5.74, 6) is 9.88. The number of nitrogens with one attached hydrogen (secondary N) is 2. The van der Waals surface area contributed by atoms with Crippen LogP contribution in [0.2, 0.25) is 0 Å². The molecule has 0 amide bonds. The first-order chi connectivity index (χ1) is 58.3. The molecule has 0 bridgehead atoms. The molecule has 8 aliphatic heterocycles. The lowest BCUT2D eigenvalue weighted by Crippen LogP contribution is -2.67. The minimum absolute atomic E-state index is 0.00474. The molecule has 52 atom stereocenters. The van der Waals surface area contributed by atoms with Crippen LogP contribution in [0.3, 0.4) is 0 Å². The minimum Gasteiger partial charge on any atom is -0.394 e. The Kier molecular flexibility index (Phi) is 26.9. The minimum atomic E-state index is -1.83. The van der Waals surface area contributed by atoms with Gasteiger partial charge in [0.25, 0.3) is 0 Å². The molecule has 0 aromatic rings. The Bertz CT molecular complexity index is 3670. The lowest BCUT2D eigenvalue weighted by Gasteiger charge is -2.59. The van der Waals surface area contributed by atoms with E-state index in [0.29, 0.717) is 82.6 Å². The maximum atomic E-state index is 12.0. The van der Waals surface area contributed by atoms with E-state index in [2.05, 4.69) is 78.2 Å². The summed E-state index contributed by atoms with van der Waals surface area (Å²) in [7, 11) is 0. The smallest absolute Gasteiger partial charge is 0.187 e. The second-order valence-electron chi connectivity index (χ2n) is 43.6. The van der Waals surface area contributed by atoms with Gasteiger partial charge >= 0.3 is 0 Å². The Morgan fingerprint density at radius 2 is 0.715 bits per heavy atom. The molecule has 2 spiro atoms. The molecular weight excluding hydrogens is 1600 g/mol. The highest BCUT2D eigenvalue weighted by molar-refractivity contribution is 5.30. The van der Waals surface area contributed by atoms with Crippen molar-refractivity contribution in [3.05, 3.63) is 23.3 Å². The maximum Gasteiger partial charge on any atom is 0.187 e. The van der Waals surface area contributed by atoms with Crippen LogP contribution in [0.1, 0.15) is 205 Å². The van der Waals surface area contributed by atoms with Gasteiger partial charge in [-0.05, 0) is 267 Å². The van der Waals surface area contributed by atoms with E-state index in [0.717, 1.165) is 86.6 Å². The number of rotatable bonds is 15. The topological polar surface area (TPSA) is 479 Å². The van der Waals surface area contributed by atoms with Gasteiger partial charge in [-0.1, -0.05) is 78.7 Å². The second kappa shape index (κ2) is 35.6. The number of piperidine rings is 2. The summed E-state index contributed by atoms with van der Waals surface area (Å²) < 4.78 is 73.5. The van der Waals surface area contributed by atoms with Crippen LogP contribution in [-0.2, 0) is 56.8 Å². The van der Waals surface area contributed by atoms with Crippen molar-refractivity contribution in [2.75, 3.05) is 32.9 Å². The molecule has 19 N–H and O–H groups in total. The van der Waals surface area contributed by atoms with Crippen LogP contribution in [0.25, 0.3) is 0 Å².